The van der Waals surface area contributed by atoms with Crippen molar-refractivity contribution in [3.05, 3.63) is 108 Å². The number of benzene rings is 4. The van der Waals surface area contributed by atoms with Crippen LogP contribution in [-0.4, -0.2) is 7.85 Å². The largest absolute Gasteiger partial charge is 0.356 e. The average molecular weight is 415 g/mol. The van der Waals surface area contributed by atoms with Gasteiger partial charge in [-0.2, -0.15) is 0 Å². The van der Waals surface area contributed by atoms with Gasteiger partial charge in [0.1, 0.15) is 7.85 Å². The molecule has 0 heterocycles. The standard InChI is InChI=1S/C30H30BN/c1-29(2)26-11-7-6-10-24(26)25-19-22(17-18-27(25)29)32-21-15-13-20(14-16-21)23-9-5-8-12-28(23)30(3,4)31/h5-19,32H,31H2,1-4H3. The molecule has 0 aromatic heterocycles. The Kier molecular flexibility index (Phi) is 4.78. The Hall–Kier alpha value is -3.26. The smallest absolute Gasteiger partial charge is 0.114 e. The van der Waals surface area contributed by atoms with Crippen LogP contribution in [0.4, 0.5) is 11.4 Å². The summed E-state index contributed by atoms with van der Waals surface area (Å²) in [5.74, 6) is 0. The number of anilines is 2. The first kappa shape index (κ1) is 20.6. The first-order chi connectivity index (χ1) is 15.2. The zero-order chi connectivity index (χ0) is 22.5. The Balaban J connectivity index is 1.44. The number of hydrogen-bond donors (Lipinski definition) is 1. The van der Waals surface area contributed by atoms with E-state index in [-0.39, 0.29) is 10.7 Å². The average Bonchev–Trinajstić information content (AvgIpc) is 3.01. The molecule has 0 bridgehead atoms. The van der Waals surface area contributed by atoms with Crippen LogP contribution in [0.2, 0.25) is 0 Å². The number of fused-ring (bicyclic) bond motifs is 3. The fourth-order valence-corrected chi connectivity index (χ4v) is 5.09. The van der Waals surface area contributed by atoms with Gasteiger partial charge in [-0.3, -0.25) is 0 Å². The highest BCUT2D eigenvalue weighted by Crippen LogP contribution is 2.49. The maximum atomic E-state index is 3.62. The highest BCUT2D eigenvalue weighted by Gasteiger charge is 2.34. The summed E-state index contributed by atoms with van der Waals surface area (Å²) in [6.07, 6.45) is 0. The van der Waals surface area contributed by atoms with Gasteiger partial charge in [-0.15, -0.1) is 0 Å². The second-order valence-corrected chi connectivity index (χ2v) is 10.4. The maximum Gasteiger partial charge on any atom is 0.114 e. The van der Waals surface area contributed by atoms with Crippen LogP contribution < -0.4 is 5.32 Å². The molecule has 0 aliphatic heterocycles. The predicted molar refractivity (Wildman–Crippen MR) is 141 cm³/mol. The van der Waals surface area contributed by atoms with E-state index in [9.17, 15) is 0 Å². The Morgan fingerprint density at radius 2 is 1.25 bits per heavy atom. The van der Waals surface area contributed by atoms with Gasteiger partial charge in [-0.05, 0) is 68.5 Å². The van der Waals surface area contributed by atoms with Gasteiger partial charge in [0.05, 0.1) is 0 Å². The van der Waals surface area contributed by atoms with Gasteiger partial charge in [0.15, 0.2) is 0 Å². The van der Waals surface area contributed by atoms with Gasteiger partial charge >= 0.3 is 0 Å². The molecule has 0 atom stereocenters. The normalized spacial score (nSPS) is 14.0. The zero-order valence-corrected chi connectivity index (χ0v) is 19.7. The Morgan fingerprint density at radius 1 is 0.656 bits per heavy atom. The second kappa shape index (κ2) is 7.41. The van der Waals surface area contributed by atoms with Crippen LogP contribution in [0.25, 0.3) is 22.3 Å². The predicted octanol–water partition coefficient (Wildman–Crippen LogP) is 7.27. The molecule has 1 aliphatic rings. The minimum atomic E-state index is 0.0482. The summed E-state index contributed by atoms with van der Waals surface area (Å²) in [4.78, 5) is 0. The van der Waals surface area contributed by atoms with Crippen molar-refractivity contribution < 1.29 is 0 Å². The molecule has 0 unspecified atom stereocenters. The summed E-state index contributed by atoms with van der Waals surface area (Å²) >= 11 is 0. The third kappa shape index (κ3) is 3.44. The van der Waals surface area contributed by atoms with Crippen molar-refractivity contribution in [2.45, 2.75) is 38.4 Å². The highest BCUT2D eigenvalue weighted by molar-refractivity contribution is 6.16. The molecule has 0 amide bonds. The molecule has 2 heteroatoms. The third-order valence-corrected chi connectivity index (χ3v) is 6.80. The van der Waals surface area contributed by atoms with Gasteiger partial charge in [-0.25, -0.2) is 0 Å². The molecule has 1 N–H and O–H groups in total. The zero-order valence-electron chi connectivity index (χ0n) is 19.7. The fraction of sp³-hybridized carbons (Fsp3) is 0.200. The quantitative estimate of drug-likeness (QED) is 0.346. The van der Waals surface area contributed by atoms with Crippen molar-refractivity contribution in [2.24, 2.45) is 0 Å². The van der Waals surface area contributed by atoms with E-state index >= 15 is 0 Å². The first-order valence-corrected chi connectivity index (χ1v) is 11.5. The topological polar surface area (TPSA) is 12.0 Å². The minimum Gasteiger partial charge on any atom is -0.356 e. The van der Waals surface area contributed by atoms with Crippen LogP contribution in [0, 0.1) is 0 Å². The molecule has 4 aromatic rings. The molecule has 32 heavy (non-hydrogen) atoms. The molecule has 0 saturated heterocycles. The van der Waals surface area contributed by atoms with Crippen LogP contribution in [0.5, 0.6) is 0 Å². The molecule has 0 spiro atoms. The lowest BCUT2D eigenvalue weighted by molar-refractivity contribution is 0.660. The summed E-state index contributed by atoms with van der Waals surface area (Å²) in [6.45, 7) is 9.18. The molecular weight excluding hydrogens is 385 g/mol. The van der Waals surface area contributed by atoms with Gasteiger partial charge in [0, 0.05) is 16.8 Å². The summed E-state index contributed by atoms with van der Waals surface area (Å²) in [7, 11) is 2.27. The van der Waals surface area contributed by atoms with E-state index in [1.165, 1.54) is 38.9 Å². The van der Waals surface area contributed by atoms with Crippen LogP contribution in [0.1, 0.15) is 44.4 Å². The molecular formula is C30H30BN. The van der Waals surface area contributed by atoms with Crippen LogP contribution in [-0.2, 0) is 10.7 Å². The van der Waals surface area contributed by atoms with Gasteiger partial charge in [0.2, 0.25) is 0 Å². The molecule has 0 fully saturated rings. The second-order valence-electron chi connectivity index (χ2n) is 10.4. The van der Waals surface area contributed by atoms with E-state index in [0.717, 1.165) is 11.4 Å². The van der Waals surface area contributed by atoms with Crippen molar-refractivity contribution in [1.29, 1.82) is 0 Å². The minimum absolute atomic E-state index is 0.0482. The van der Waals surface area contributed by atoms with Crippen LogP contribution in [0.3, 0.4) is 0 Å². The van der Waals surface area contributed by atoms with E-state index in [1.807, 2.05) is 0 Å². The molecule has 0 saturated carbocycles. The Morgan fingerprint density at radius 3 is 1.97 bits per heavy atom. The first-order valence-electron chi connectivity index (χ1n) is 11.5. The molecule has 1 nitrogen and oxygen atoms in total. The van der Waals surface area contributed by atoms with E-state index in [0.29, 0.717) is 0 Å². The van der Waals surface area contributed by atoms with E-state index in [2.05, 4.69) is 132 Å². The molecule has 1 aliphatic carbocycles. The highest BCUT2D eigenvalue weighted by atomic mass is 14.9. The van der Waals surface area contributed by atoms with E-state index < -0.39 is 0 Å². The lowest BCUT2D eigenvalue weighted by Gasteiger charge is -2.23. The molecule has 5 rings (SSSR count). The summed E-state index contributed by atoms with van der Waals surface area (Å²) < 4.78 is 0. The number of hydrogen-bond acceptors (Lipinski definition) is 1. The number of nitrogens with one attached hydrogen (secondary N) is 1. The third-order valence-electron chi connectivity index (χ3n) is 6.80. The summed E-state index contributed by atoms with van der Waals surface area (Å²) in [5, 5.41) is 3.73. The van der Waals surface area contributed by atoms with Crippen molar-refractivity contribution >= 4 is 19.2 Å². The lowest BCUT2D eigenvalue weighted by atomic mass is 9.65. The SMILES string of the molecule is BC(C)(C)c1ccccc1-c1ccc(Nc2ccc3c(c2)-c2ccccc2C3(C)C)cc1. The van der Waals surface area contributed by atoms with Crippen LogP contribution >= 0.6 is 0 Å². The Labute approximate surface area is 192 Å². The van der Waals surface area contributed by atoms with Crippen molar-refractivity contribution in [1.82, 2.24) is 0 Å². The summed E-state index contributed by atoms with van der Waals surface area (Å²) in [6, 6.07) is 33.1. The molecule has 0 radical (unpaired) electrons. The Bertz CT molecular complexity index is 1290. The van der Waals surface area contributed by atoms with Gasteiger partial charge in [0.25, 0.3) is 0 Å². The molecule has 158 valence electrons. The van der Waals surface area contributed by atoms with Crippen molar-refractivity contribution in [2.75, 3.05) is 5.32 Å². The van der Waals surface area contributed by atoms with Gasteiger partial charge in [-0.1, -0.05) is 94.4 Å². The van der Waals surface area contributed by atoms with Crippen molar-refractivity contribution in [3.8, 4) is 22.3 Å². The number of rotatable bonds is 4. The fourth-order valence-electron chi connectivity index (χ4n) is 5.09. The summed E-state index contributed by atoms with van der Waals surface area (Å²) in [5.41, 5.74) is 11.7. The monoisotopic (exact) mass is 415 g/mol. The van der Waals surface area contributed by atoms with Crippen molar-refractivity contribution in [3.63, 3.8) is 0 Å². The molecule has 4 aromatic carbocycles. The van der Waals surface area contributed by atoms with Crippen LogP contribution in [0.15, 0.2) is 91.0 Å². The maximum absolute atomic E-state index is 3.62. The lowest BCUT2D eigenvalue weighted by Crippen LogP contribution is -2.17. The van der Waals surface area contributed by atoms with Gasteiger partial charge < -0.3 is 5.32 Å². The van der Waals surface area contributed by atoms with E-state index in [1.54, 1.807) is 0 Å². The van der Waals surface area contributed by atoms with E-state index in [4.69, 9.17) is 0 Å².